The second-order valence-electron chi connectivity index (χ2n) is 5.06. The highest BCUT2D eigenvalue weighted by atomic mass is 35.5. The Hall–Kier alpha value is -1.26. The zero-order chi connectivity index (χ0) is 13.7. The molecule has 1 N–H and O–H groups in total. The van der Waals surface area contributed by atoms with E-state index in [0.29, 0.717) is 13.0 Å². The van der Waals surface area contributed by atoms with Gasteiger partial charge in [0, 0.05) is 25.7 Å². The molecule has 5 heteroatoms. The van der Waals surface area contributed by atoms with Gasteiger partial charge in [-0.15, -0.1) is 12.4 Å². The van der Waals surface area contributed by atoms with Gasteiger partial charge in [0.2, 0.25) is 5.91 Å². The third-order valence-corrected chi connectivity index (χ3v) is 3.40. The third-order valence-electron chi connectivity index (χ3n) is 3.40. The Morgan fingerprint density at radius 3 is 3.00 bits per heavy atom. The molecule has 0 bridgehead atoms. The Morgan fingerprint density at radius 2 is 2.30 bits per heavy atom. The molecule has 0 saturated carbocycles. The molecule has 1 aromatic rings. The quantitative estimate of drug-likeness (QED) is 0.924. The zero-order valence-electron chi connectivity index (χ0n) is 12.1. The van der Waals surface area contributed by atoms with Crippen molar-refractivity contribution in [2.24, 2.45) is 0 Å². The van der Waals surface area contributed by atoms with E-state index in [2.05, 4.69) is 12.2 Å². The van der Waals surface area contributed by atoms with Crippen LogP contribution in [0.4, 0.5) is 0 Å². The molecule has 20 heavy (non-hydrogen) atoms. The van der Waals surface area contributed by atoms with E-state index < -0.39 is 0 Å². The first-order valence-corrected chi connectivity index (χ1v) is 6.86. The second kappa shape index (κ2) is 8.12. The van der Waals surface area contributed by atoms with Crippen molar-refractivity contribution in [3.05, 3.63) is 29.8 Å². The van der Waals surface area contributed by atoms with Crippen LogP contribution in [0.3, 0.4) is 0 Å². The molecular weight excluding hydrogens is 276 g/mol. The SMILES string of the molecule is Cc1cccc(OCCC(=O)N2CCNC[C@H]2C)c1.Cl. The molecule has 1 fully saturated rings. The largest absolute Gasteiger partial charge is 0.493 e. The molecule has 1 amide bonds. The number of amides is 1. The average Bonchev–Trinajstić information content (AvgIpc) is 2.39. The van der Waals surface area contributed by atoms with Crippen LogP contribution in [0.2, 0.25) is 0 Å². The van der Waals surface area contributed by atoms with Crippen molar-refractivity contribution in [3.8, 4) is 5.75 Å². The van der Waals surface area contributed by atoms with E-state index in [9.17, 15) is 4.79 Å². The number of carbonyl (C=O) groups excluding carboxylic acids is 1. The van der Waals surface area contributed by atoms with Gasteiger partial charge in [-0.25, -0.2) is 0 Å². The van der Waals surface area contributed by atoms with Gasteiger partial charge in [0.05, 0.1) is 13.0 Å². The van der Waals surface area contributed by atoms with Crippen LogP contribution in [0.1, 0.15) is 18.9 Å². The van der Waals surface area contributed by atoms with Crippen LogP contribution in [0.5, 0.6) is 5.75 Å². The zero-order valence-corrected chi connectivity index (χ0v) is 12.9. The van der Waals surface area contributed by atoms with Crippen molar-refractivity contribution in [1.82, 2.24) is 10.2 Å². The molecule has 0 aromatic heterocycles. The van der Waals surface area contributed by atoms with Crippen LogP contribution in [-0.4, -0.2) is 43.1 Å². The predicted molar refractivity (Wildman–Crippen MR) is 82.6 cm³/mol. The topological polar surface area (TPSA) is 41.6 Å². The van der Waals surface area contributed by atoms with E-state index >= 15 is 0 Å². The first-order valence-electron chi connectivity index (χ1n) is 6.86. The first-order chi connectivity index (χ1) is 9.16. The van der Waals surface area contributed by atoms with Crippen LogP contribution in [-0.2, 0) is 4.79 Å². The molecule has 112 valence electrons. The molecule has 1 saturated heterocycles. The van der Waals surface area contributed by atoms with E-state index in [0.717, 1.165) is 25.4 Å². The minimum atomic E-state index is 0. The highest BCUT2D eigenvalue weighted by molar-refractivity contribution is 5.85. The molecule has 1 atom stereocenters. The Kier molecular flexibility index (Phi) is 6.82. The summed E-state index contributed by atoms with van der Waals surface area (Å²) in [5.74, 6) is 1.02. The highest BCUT2D eigenvalue weighted by Gasteiger charge is 2.22. The van der Waals surface area contributed by atoms with Crippen LogP contribution in [0, 0.1) is 6.92 Å². The summed E-state index contributed by atoms with van der Waals surface area (Å²) in [5.41, 5.74) is 1.17. The predicted octanol–water partition coefficient (Wildman–Crippen LogP) is 2.01. The van der Waals surface area contributed by atoms with Crippen LogP contribution in [0.25, 0.3) is 0 Å². The molecule has 1 aliphatic heterocycles. The first kappa shape index (κ1) is 16.8. The Morgan fingerprint density at radius 1 is 1.50 bits per heavy atom. The van der Waals surface area contributed by atoms with Gasteiger partial charge in [-0.1, -0.05) is 12.1 Å². The summed E-state index contributed by atoms with van der Waals surface area (Å²) < 4.78 is 5.62. The number of rotatable bonds is 4. The van der Waals surface area contributed by atoms with Crippen molar-refractivity contribution in [2.75, 3.05) is 26.2 Å². The van der Waals surface area contributed by atoms with Gasteiger partial charge in [-0.2, -0.15) is 0 Å². The highest BCUT2D eigenvalue weighted by Crippen LogP contribution is 2.13. The van der Waals surface area contributed by atoms with Gasteiger partial charge in [0.1, 0.15) is 5.75 Å². The van der Waals surface area contributed by atoms with Crippen molar-refractivity contribution in [1.29, 1.82) is 0 Å². The lowest BCUT2D eigenvalue weighted by molar-refractivity contribution is -0.134. The van der Waals surface area contributed by atoms with Crippen LogP contribution < -0.4 is 10.1 Å². The summed E-state index contributed by atoms with van der Waals surface area (Å²) in [6, 6.07) is 8.17. The fourth-order valence-electron chi connectivity index (χ4n) is 2.32. The van der Waals surface area contributed by atoms with Gasteiger partial charge < -0.3 is 15.0 Å². The van der Waals surface area contributed by atoms with E-state index in [1.807, 2.05) is 36.1 Å². The van der Waals surface area contributed by atoms with Gasteiger partial charge >= 0.3 is 0 Å². The van der Waals surface area contributed by atoms with Gasteiger partial charge in [-0.3, -0.25) is 4.79 Å². The lowest BCUT2D eigenvalue weighted by atomic mass is 10.2. The normalized spacial score (nSPS) is 18.3. The molecule has 0 spiro atoms. The number of hydrogen-bond acceptors (Lipinski definition) is 3. The molecule has 1 aliphatic rings. The maximum Gasteiger partial charge on any atom is 0.226 e. The molecule has 1 heterocycles. The second-order valence-corrected chi connectivity index (χ2v) is 5.06. The van der Waals surface area contributed by atoms with E-state index in [-0.39, 0.29) is 24.4 Å². The minimum Gasteiger partial charge on any atom is -0.493 e. The smallest absolute Gasteiger partial charge is 0.226 e. The maximum absolute atomic E-state index is 12.1. The molecule has 0 radical (unpaired) electrons. The van der Waals surface area contributed by atoms with Crippen molar-refractivity contribution in [2.45, 2.75) is 26.3 Å². The van der Waals surface area contributed by atoms with Gasteiger partial charge in [0.25, 0.3) is 0 Å². The Balaban J connectivity index is 0.00000200. The number of nitrogens with zero attached hydrogens (tertiary/aromatic N) is 1. The standard InChI is InChI=1S/C15H22N2O2.ClH/c1-12-4-3-5-14(10-12)19-9-6-15(18)17-8-7-16-11-13(17)2;/h3-5,10,13,16H,6-9,11H2,1-2H3;1H/t13-;/m1./s1. The summed E-state index contributed by atoms with van der Waals surface area (Å²) in [7, 11) is 0. The summed E-state index contributed by atoms with van der Waals surface area (Å²) in [6.07, 6.45) is 0.443. The molecule has 0 unspecified atom stereocenters. The molecule has 2 rings (SSSR count). The molecular formula is C15H23ClN2O2. The molecule has 0 aliphatic carbocycles. The molecule has 1 aromatic carbocycles. The summed E-state index contributed by atoms with van der Waals surface area (Å²) in [5, 5.41) is 3.28. The lowest BCUT2D eigenvalue weighted by Gasteiger charge is -2.34. The Labute approximate surface area is 126 Å². The molecule has 4 nitrogen and oxygen atoms in total. The van der Waals surface area contributed by atoms with Crippen LogP contribution >= 0.6 is 12.4 Å². The van der Waals surface area contributed by atoms with Crippen LogP contribution in [0.15, 0.2) is 24.3 Å². The number of benzene rings is 1. The monoisotopic (exact) mass is 298 g/mol. The van der Waals surface area contributed by atoms with Gasteiger partial charge in [0.15, 0.2) is 0 Å². The number of piperazine rings is 1. The number of ether oxygens (including phenoxy) is 1. The fraction of sp³-hybridized carbons (Fsp3) is 0.533. The van der Waals surface area contributed by atoms with Crippen molar-refractivity contribution >= 4 is 18.3 Å². The number of carbonyl (C=O) groups is 1. The van der Waals surface area contributed by atoms with E-state index in [4.69, 9.17) is 4.74 Å². The third kappa shape index (κ3) is 4.69. The summed E-state index contributed by atoms with van der Waals surface area (Å²) in [6.45, 7) is 7.11. The number of nitrogens with one attached hydrogen (secondary N) is 1. The van der Waals surface area contributed by atoms with Gasteiger partial charge in [-0.05, 0) is 31.5 Å². The number of halogens is 1. The summed E-state index contributed by atoms with van der Waals surface area (Å²) >= 11 is 0. The fourth-order valence-corrected chi connectivity index (χ4v) is 2.32. The van der Waals surface area contributed by atoms with Crippen molar-refractivity contribution in [3.63, 3.8) is 0 Å². The van der Waals surface area contributed by atoms with E-state index in [1.165, 1.54) is 5.56 Å². The Bertz CT molecular complexity index is 440. The minimum absolute atomic E-state index is 0. The number of hydrogen-bond donors (Lipinski definition) is 1. The average molecular weight is 299 g/mol. The maximum atomic E-state index is 12.1. The lowest BCUT2D eigenvalue weighted by Crippen LogP contribution is -2.52. The number of aryl methyl sites for hydroxylation is 1. The van der Waals surface area contributed by atoms with Crippen molar-refractivity contribution < 1.29 is 9.53 Å². The summed E-state index contributed by atoms with van der Waals surface area (Å²) in [4.78, 5) is 14.0. The van der Waals surface area contributed by atoms with E-state index in [1.54, 1.807) is 0 Å².